The van der Waals surface area contributed by atoms with Crippen LogP contribution >= 0.6 is 0 Å². The highest BCUT2D eigenvalue weighted by Crippen LogP contribution is 2.41. The van der Waals surface area contributed by atoms with Gasteiger partial charge in [-0.15, -0.1) is 0 Å². The molecule has 1 saturated carbocycles. The van der Waals surface area contributed by atoms with Crippen molar-refractivity contribution >= 4 is 5.97 Å². The molecular weight excluding hydrogens is 266 g/mol. The Hall–Kier alpha value is -1.55. The highest BCUT2D eigenvalue weighted by molar-refractivity contribution is 5.82. The molecule has 1 aromatic rings. The molecule has 1 aliphatic carbocycles. The summed E-state index contributed by atoms with van der Waals surface area (Å²) in [7, 11) is 1.81. The standard InChI is InChI=1S/C17H25NO3/c1-4-13-8-6-7-9-15(13)21-12-17(18-3,14-10-11-14)16(19)20-5-2/h6-9,14,18H,4-5,10-12H2,1-3H3. The molecule has 1 N–H and O–H groups in total. The Morgan fingerprint density at radius 3 is 2.62 bits per heavy atom. The van der Waals surface area contributed by atoms with Crippen LogP contribution in [0.3, 0.4) is 0 Å². The van der Waals surface area contributed by atoms with Gasteiger partial charge in [-0.2, -0.15) is 0 Å². The number of rotatable bonds is 8. The first kappa shape index (κ1) is 15.8. The van der Waals surface area contributed by atoms with E-state index >= 15 is 0 Å². The molecule has 0 saturated heterocycles. The molecule has 0 heterocycles. The maximum absolute atomic E-state index is 12.4. The summed E-state index contributed by atoms with van der Waals surface area (Å²) in [6.07, 6.45) is 2.99. The first-order chi connectivity index (χ1) is 10.2. The topological polar surface area (TPSA) is 47.6 Å². The lowest BCUT2D eigenvalue weighted by Crippen LogP contribution is -2.57. The molecule has 4 heteroatoms. The van der Waals surface area contributed by atoms with Gasteiger partial charge in [-0.25, -0.2) is 4.79 Å². The van der Waals surface area contributed by atoms with Crippen LogP contribution in [0, 0.1) is 5.92 Å². The van der Waals surface area contributed by atoms with Crippen LogP contribution in [0.15, 0.2) is 24.3 Å². The number of likely N-dealkylation sites (N-methyl/N-ethyl adjacent to an activating group) is 1. The number of benzene rings is 1. The van der Waals surface area contributed by atoms with Gasteiger partial charge in [0.2, 0.25) is 0 Å². The Bertz CT molecular complexity index is 485. The third kappa shape index (κ3) is 3.38. The number of carbonyl (C=O) groups is 1. The molecule has 0 spiro atoms. The first-order valence-electron chi connectivity index (χ1n) is 7.74. The Labute approximate surface area is 126 Å². The fraction of sp³-hybridized carbons (Fsp3) is 0.588. The SMILES string of the molecule is CCOC(=O)C(COc1ccccc1CC)(NC)C1CC1. The van der Waals surface area contributed by atoms with Gasteiger partial charge < -0.3 is 14.8 Å². The lowest BCUT2D eigenvalue weighted by atomic mass is 9.94. The monoisotopic (exact) mass is 291 g/mol. The quantitative estimate of drug-likeness (QED) is 0.748. The zero-order valence-corrected chi connectivity index (χ0v) is 13.1. The number of para-hydroxylation sites is 1. The summed E-state index contributed by atoms with van der Waals surface area (Å²) < 4.78 is 11.3. The summed E-state index contributed by atoms with van der Waals surface area (Å²) in [6, 6.07) is 7.97. The first-order valence-corrected chi connectivity index (χ1v) is 7.74. The molecule has 1 aromatic carbocycles. The number of ether oxygens (including phenoxy) is 2. The number of esters is 1. The molecule has 2 rings (SSSR count). The van der Waals surface area contributed by atoms with E-state index in [2.05, 4.69) is 18.3 Å². The summed E-state index contributed by atoms with van der Waals surface area (Å²) in [6.45, 7) is 4.63. The van der Waals surface area contributed by atoms with Crippen LogP contribution in [0.2, 0.25) is 0 Å². The van der Waals surface area contributed by atoms with Gasteiger partial charge in [-0.05, 0) is 50.8 Å². The van der Waals surface area contributed by atoms with Crippen molar-refractivity contribution in [2.24, 2.45) is 5.92 Å². The van der Waals surface area contributed by atoms with Gasteiger partial charge in [0.15, 0.2) is 5.54 Å². The molecular formula is C17H25NO3. The zero-order chi connectivity index (χ0) is 15.3. The van der Waals surface area contributed by atoms with Crippen LogP contribution in [-0.4, -0.2) is 31.8 Å². The van der Waals surface area contributed by atoms with E-state index < -0.39 is 5.54 Å². The van der Waals surface area contributed by atoms with E-state index in [9.17, 15) is 4.79 Å². The van der Waals surface area contributed by atoms with Crippen LogP contribution in [0.4, 0.5) is 0 Å². The molecule has 4 nitrogen and oxygen atoms in total. The summed E-state index contributed by atoms with van der Waals surface area (Å²) in [5.41, 5.74) is 0.429. The lowest BCUT2D eigenvalue weighted by molar-refractivity contribution is -0.153. The van der Waals surface area contributed by atoms with Gasteiger partial charge in [0.1, 0.15) is 12.4 Å². The molecule has 0 amide bonds. The minimum atomic E-state index is -0.725. The lowest BCUT2D eigenvalue weighted by Gasteiger charge is -2.31. The van der Waals surface area contributed by atoms with Crippen LogP contribution in [0.1, 0.15) is 32.3 Å². The molecule has 0 aromatic heterocycles. The molecule has 21 heavy (non-hydrogen) atoms. The number of aryl methyl sites for hydroxylation is 1. The third-order valence-corrected chi connectivity index (χ3v) is 4.17. The molecule has 1 fully saturated rings. The van der Waals surface area contributed by atoms with Gasteiger partial charge in [-0.1, -0.05) is 25.1 Å². The number of nitrogens with one attached hydrogen (secondary N) is 1. The van der Waals surface area contributed by atoms with Crippen molar-refractivity contribution in [2.45, 2.75) is 38.6 Å². The number of carbonyl (C=O) groups excluding carboxylic acids is 1. The van der Waals surface area contributed by atoms with Crippen molar-refractivity contribution in [3.63, 3.8) is 0 Å². The van der Waals surface area contributed by atoms with Crippen molar-refractivity contribution in [3.8, 4) is 5.75 Å². The average molecular weight is 291 g/mol. The van der Waals surface area contributed by atoms with Crippen LogP contribution in [0.25, 0.3) is 0 Å². The third-order valence-electron chi connectivity index (χ3n) is 4.17. The van der Waals surface area contributed by atoms with Crippen LogP contribution in [-0.2, 0) is 16.0 Å². The largest absolute Gasteiger partial charge is 0.491 e. The second-order valence-corrected chi connectivity index (χ2v) is 5.47. The summed E-state index contributed by atoms with van der Waals surface area (Å²) in [5, 5.41) is 3.17. The maximum Gasteiger partial charge on any atom is 0.330 e. The van der Waals surface area contributed by atoms with E-state index in [4.69, 9.17) is 9.47 Å². The highest BCUT2D eigenvalue weighted by atomic mass is 16.5. The second-order valence-electron chi connectivity index (χ2n) is 5.47. The van der Waals surface area contributed by atoms with Gasteiger partial charge in [-0.3, -0.25) is 0 Å². The summed E-state index contributed by atoms with van der Waals surface area (Å²) in [5.74, 6) is 0.948. The van der Waals surface area contributed by atoms with Crippen molar-refractivity contribution < 1.29 is 14.3 Å². The maximum atomic E-state index is 12.4. The molecule has 1 unspecified atom stereocenters. The van der Waals surface area contributed by atoms with Gasteiger partial charge >= 0.3 is 5.97 Å². The Morgan fingerprint density at radius 1 is 1.33 bits per heavy atom. The fourth-order valence-corrected chi connectivity index (χ4v) is 2.69. The molecule has 1 aliphatic rings. The molecule has 0 aliphatic heterocycles. The summed E-state index contributed by atoms with van der Waals surface area (Å²) in [4.78, 5) is 12.4. The van der Waals surface area contributed by atoms with Gasteiger partial charge in [0.25, 0.3) is 0 Å². The normalized spacial score (nSPS) is 17.1. The predicted molar refractivity (Wildman–Crippen MR) is 82.5 cm³/mol. The Morgan fingerprint density at radius 2 is 2.05 bits per heavy atom. The fourth-order valence-electron chi connectivity index (χ4n) is 2.69. The van der Waals surface area contributed by atoms with Crippen molar-refractivity contribution in [1.82, 2.24) is 5.32 Å². The van der Waals surface area contributed by atoms with E-state index in [1.54, 1.807) is 0 Å². The van der Waals surface area contributed by atoms with E-state index in [0.29, 0.717) is 19.1 Å². The van der Waals surface area contributed by atoms with Crippen molar-refractivity contribution in [2.75, 3.05) is 20.3 Å². The van der Waals surface area contributed by atoms with E-state index in [0.717, 1.165) is 30.6 Å². The van der Waals surface area contributed by atoms with Crippen molar-refractivity contribution in [3.05, 3.63) is 29.8 Å². The second kappa shape index (κ2) is 6.94. The van der Waals surface area contributed by atoms with Gasteiger partial charge in [0, 0.05) is 0 Å². The number of hydrogen-bond acceptors (Lipinski definition) is 4. The van der Waals surface area contributed by atoms with Crippen LogP contribution in [0.5, 0.6) is 5.75 Å². The molecule has 0 radical (unpaired) electrons. The minimum absolute atomic E-state index is 0.205. The van der Waals surface area contributed by atoms with Gasteiger partial charge in [0.05, 0.1) is 6.61 Å². The average Bonchev–Trinajstić information content (AvgIpc) is 3.34. The van der Waals surface area contributed by atoms with E-state index in [1.165, 1.54) is 0 Å². The predicted octanol–water partition coefficient (Wildman–Crippen LogP) is 2.56. The molecule has 116 valence electrons. The molecule has 1 atom stereocenters. The van der Waals surface area contributed by atoms with E-state index in [1.807, 2.05) is 32.2 Å². The van der Waals surface area contributed by atoms with Crippen molar-refractivity contribution in [1.29, 1.82) is 0 Å². The Kier molecular flexibility index (Phi) is 5.23. The number of hydrogen-bond donors (Lipinski definition) is 1. The zero-order valence-electron chi connectivity index (χ0n) is 13.1. The highest BCUT2D eigenvalue weighted by Gasteiger charge is 2.52. The summed E-state index contributed by atoms with van der Waals surface area (Å²) >= 11 is 0. The van der Waals surface area contributed by atoms with Crippen LogP contribution < -0.4 is 10.1 Å². The Balaban J connectivity index is 2.14. The minimum Gasteiger partial charge on any atom is -0.491 e. The molecule has 0 bridgehead atoms. The smallest absolute Gasteiger partial charge is 0.330 e. The van der Waals surface area contributed by atoms with E-state index in [-0.39, 0.29) is 5.97 Å².